The molecule has 1 heterocycles. The van der Waals surface area contributed by atoms with Crippen LogP contribution in [0.2, 0.25) is 5.02 Å². The van der Waals surface area contributed by atoms with E-state index in [1.54, 1.807) is 29.2 Å². The third kappa shape index (κ3) is 3.53. The minimum atomic E-state index is -0.658. The fourth-order valence-corrected chi connectivity index (χ4v) is 3.12. The zero-order valence-electron chi connectivity index (χ0n) is 13.8. The Bertz CT molecular complexity index is 882. The Labute approximate surface area is 155 Å². The van der Waals surface area contributed by atoms with Gasteiger partial charge in [0.05, 0.1) is 22.2 Å². The van der Waals surface area contributed by atoms with Crippen LogP contribution in [0.3, 0.4) is 0 Å². The Morgan fingerprint density at radius 3 is 2.23 bits per heavy atom. The molecule has 0 aromatic heterocycles. The van der Waals surface area contributed by atoms with Crippen LogP contribution in [0.4, 0.5) is 4.39 Å². The Kier molecular flexibility index (Phi) is 5.19. The van der Waals surface area contributed by atoms with Gasteiger partial charge in [0.2, 0.25) is 0 Å². The minimum Gasteiger partial charge on any atom is -0.335 e. The molecule has 2 amide bonds. The lowest BCUT2D eigenvalue weighted by Crippen LogP contribution is -2.50. The van der Waals surface area contributed by atoms with Gasteiger partial charge < -0.3 is 9.80 Å². The van der Waals surface area contributed by atoms with Gasteiger partial charge >= 0.3 is 0 Å². The number of piperazine rings is 1. The predicted octanol–water partition coefficient (Wildman–Crippen LogP) is 2.95. The second-order valence-electron chi connectivity index (χ2n) is 5.87. The molecule has 1 aliphatic rings. The van der Waals surface area contributed by atoms with Gasteiger partial charge in [-0.1, -0.05) is 23.7 Å². The van der Waals surface area contributed by atoms with Gasteiger partial charge in [0.25, 0.3) is 11.8 Å². The maximum atomic E-state index is 13.9. The molecule has 0 saturated carbocycles. The highest BCUT2D eigenvalue weighted by atomic mass is 35.5. The van der Waals surface area contributed by atoms with Gasteiger partial charge in [-0.2, -0.15) is 5.26 Å². The molecule has 2 aromatic carbocycles. The Morgan fingerprint density at radius 1 is 1.00 bits per heavy atom. The molecule has 1 aliphatic heterocycles. The average molecular weight is 372 g/mol. The Hall–Kier alpha value is -2.91. The lowest BCUT2D eigenvalue weighted by atomic mass is 10.1. The number of nitriles is 1. The van der Waals surface area contributed by atoms with Gasteiger partial charge in [0.15, 0.2) is 0 Å². The molecule has 1 saturated heterocycles. The molecular weight excluding hydrogens is 357 g/mol. The summed E-state index contributed by atoms with van der Waals surface area (Å²) in [7, 11) is 0. The topological polar surface area (TPSA) is 64.4 Å². The van der Waals surface area contributed by atoms with Crippen molar-refractivity contribution in [2.75, 3.05) is 26.2 Å². The van der Waals surface area contributed by atoms with Crippen molar-refractivity contribution in [2.45, 2.75) is 0 Å². The first-order valence-corrected chi connectivity index (χ1v) is 8.42. The summed E-state index contributed by atoms with van der Waals surface area (Å²) >= 11 is 5.95. The fraction of sp³-hybridized carbons (Fsp3) is 0.211. The van der Waals surface area contributed by atoms with Crippen LogP contribution in [0.5, 0.6) is 0 Å². The number of rotatable bonds is 2. The highest BCUT2D eigenvalue weighted by Gasteiger charge is 2.28. The molecule has 1 fully saturated rings. The van der Waals surface area contributed by atoms with E-state index in [4.69, 9.17) is 16.9 Å². The number of hydrogen-bond acceptors (Lipinski definition) is 3. The van der Waals surface area contributed by atoms with Crippen LogP contribution in [-0.2, 0) is 0 Å². The Balaban J connectivity index is 1.68. The van der Waals surface area contributed by atoms with E-state index in [9.17, 15) is 14.0 Å². The number of amides is 2. The van der Waals surface area contributed by atoms with Crippen molar-refractivity contribution >= 4 is 23.4 Å². The molecule has 5 nitrogen and oxygen atoms in total. The van der Waals surface area contributed by atoms with E-state index in [0.29, 0.717) is 24.2 Å². The molecule has 0 radical (unpaired) electrons. The molecule has 26 heavy (non-hydrogen) atoms. The van der Waals surface area contributed by atoms with Gasteiger partial charge in [-0.15, -0.1) is 0 Å². The van der Waals surface area contributed by atoms with Gasteiger partial charge in [-0.25, -0.2) is 4.39 Å². The van der Waals surface area contributed by atoms with E-state index in [1.807, 2.05) is 6.07 Å². The maximum Gasteiger partial charge on any atom is 0.258 e. The van der Waals surface area contributed by atoms with E-state index in [1.165, 1.54) is 23.1 Å². The summed E-state index contributed by atoms with van der Waals surface area (Å²) in [6.07, 6.45) is 0. The summed E-state index contributed by atoms with van der Waals surface area (Å²) < 4.78 is 13.9. The molecule has 0 atom stereocenters. The third-order valence-corrected chi connectivity index (χ3v) is 4.58. The molecule has 0 N–H and O–H groups in total. The number of hydrogen-bond donors (Lipinski definition) is 0. The zero-order chi connectivity index (χ0) is 18.7. The van der Waals surface area contributed by atoms with Gasteiger partial charge in [0, 0.05) is 31.7 Å². The molecule has 0 unspecified atom stereocenters. The van der Waals surface area contributed by atoms with E-state index in [-0.39, 0.29) is 29.6 Å². The maximum absolute atomic E-state index is 13.9. The highest BCUT2D eigenvalue weighted by Crippen LogP contribution is 2.22. The number of nitrogens with zero attached hydrogens (tertiary/aromatic N) is 3. The van der Waals surface area contributed by atoms with E-state index in [0.717, 1.165) is 0 Å². The van der Waals surface area contributed by atoms with Crippen molar-refractivity contribution in [1.29, 1.82) is 5.26 Å². The fourth-order valence-electron chi connectivity index (χ4n) is 2.88. The van der Waals surface area contributed by atoms with E-state index in [2.05, 4.69) is 0 Å². The number of carbonyl (C=O) groups is 2. The van der Waals surface area contributed by atoms with Gasteiger partial charge in [-0.3, -0.25) is 9.59 Å². The van der Waals surface area contributed by atoms with E-state index >= 15 is 0 Å². The lowest BCUT2D eigenvalue weighted by Gasteiger charge is -2.35. The minimum absolute atomic E-state index is 0.0711. The highest BCUT2D eigenvalue weighted by molar-refractivity contribution is 6.33. The van der Waals surface area contributed by atoms with Gasteiger partial charge in [-0.05, 0) is 30.3 Å². The smallest absolute Gasteiger partial charge is 0.258 e. The second kappa shape index (κ2) is 7.54. The molecule has 3 rings (SSSR count). The van der Waals surface area contributed by atoms with E-state index < -0.39 is 11.7 Å². The Morgan fingerprint density at radius 2 is 1.62 bits per heavy atom. The summed E-state index contributed by atoms with van der Waals surface area (Å²) in [4.78, 5) is 28.2. The zero-order valence-corrected chi connectivity index (χ0v) is 14.5. The largest absolute Gasteiger partial charge is 0.335 e. The van der Waals surface area contributed by atoms with Gasteiger partial charge in [0.1, 0.15) is 5.82 Å². The summed E-state index contributed by atoms with van der Waals surface area (Å²) in [5, 5.41) is 9.01. The number of carbonyl (C=O) groups excluding carboxylic acids is 2. The summed E-state index contributed by atoms with van der Waals surface area (Å²) in [6, 6.07) is 12.6. The van der Waals surface area contributed by atoms with Crippen LogP contribution < -0.4 is 0 Å². The molecule has 2 aromatic rings. The van der Waals surface area contributed by atoms with Crippen molar-refractivity contribution in [3.05, 3.63) is 70.0 Å². The van der Waals surface area contributed by atoms with Crippen LogP contribution in [0, 0.1) is 17.1 Å². The molecule has 132 valence electrons. The van der Waals surface area contributed by atoms with Crippen LogP contribution >= 0.6 is 11.6 Å². The van der Waals surface area contributed by atoms with Crippen molar-refractivity contribution in [3.8, 4) is 6.07 Å². The lowest BCUT2D eigenvalue weighted by molar-refractivity contribution is 0.0533. The van der Waals surface area contributed by atoms with Crippen molar-refractivity contribution in [3.63, 3.8) is 0 Å². The molecule has 0 spiro atoms. The number of benzene rings is 2. The van der Waals surface area contributed by atoms with Crippen molar-refractivity contribution < 1.29 is 14.0 Å². The third-order valence-electron chi connectivity index (χ3n) is 4.27. The summed E-state index contributed by atoms with van der Waals surface area (Å²) in [6.45, 7) is 1.22. The van der Waals surface area contributed by atoms with Crippen LogP contribution in [-0.4, -0.2) is 47.8 Å². The first-order chi connectivity index (χ1) is 12.5. The molecule has 0 bridgehead atoms. The SMILES string of the molecule is N#Cc1cccc(C(=O)N2CCN(C(=O)c3c(F)cccc3Cl)CC2)c1. The van der Waals surface area contributed by atoms with Crippen molar-refractivity contribution in [2.24, 2.45) is 0 Å². The van der Waals surface area contributed by atoms with Crippen LogP contribution in [0.1, 0.15) is 26.3 Å². The normalized spacial score (nSPS) is 14.0. The molecule has 0 aliphatic carbocycles. The quantitative estimate of drug-likeness (QED) is 0.815. The first kappa shape index (κ1) is 17.9. The van der Waals surface area contributed by atoms with Crippen LogP contribution in [0.15, 0.2) is 42.5 Å². The summed E-state index contributed by atoms with van der Waals surface area (Å²) in [5.74, 6) is -1.33. The molecular formula is C19H15ClFN3O2. The summed E-state index contributed by atoms with van der Waals surface area (Å²) in [5.41, 5.74) is 0.704. The van der Waals surface area contributed by atoms with Crippen molar-refractivity contribution in [1.82, 2.24) is 9.80 Å². The first-order valence-electron chi connectivity index (χ1n) is 8.04. The predicted molar refractivity (Wildman–Crippen MR) is 94.4 cm³/mol. The standard InChI is InChI=1S/C19H15ClFN3O2/c20-15-5-2-6-16(21)17(15)19(26)24-9-7-23(8-10-24)18(25)14-4-1-3-13(11-14)12-22/h1-6,11H,7-10H2. The van der Waals surface area contributed by atoms with Crippen LogP contribution in [0.25, 0.3) is 0 Å². The molecule has 7 heteroatoms. The average Bonchev–Trinajstić information content (AvgIpc) is 2.67. The second-order valence-corrected chi connectivity index (χ2v) is 6.28. The monoisotopic (exact) mass is 371 g/mol. The number of halogens is 2.